The SMILES string of the molecule is CC/C(=C(/C)[Si](C)(C)C)[Si](C)(C)C. The predicted molar refractivity (Wildman–Crippen MR) is 69.7 cm³/mol. The highest BCUT2D eigenvalue weighted by Crippen LogP contribution is 2.27. The zero-order chi connectivity index (χ0) is 10.9. The maximum atomic E-state index is 2.47. The highest BCUT2D eigenvalue weighted by molar-refractivity contribution is 6.89. The molecule has 0 nitrogen and oxygen atoms in total. The highest BCUT2D eigenvalue weighted by Gasteiger charge is 2.25. The molecule has 0 unspecified atom stereocenters. The average molecular weight is 215 g/mol. The van der Waals surface area contributed by atoms with Crippen molar-refractivity contribution in [1.82, 2.24) is 0 Å². The molecule has 0 spiro atoms. The molecule has 0 aliphatic rings. The predicted octanol–water partition coefficient (Wildman–Crippen LogP) is 4.47. The Morgan fingerprint density at radius 1 is 0.846 bits per heavy atom. The van der Waals surface area contributed by atoms with E-state index >= 15 is 0 Å². The molecule has 0 aromatic rings. The van der Waals surface area contributed by atoms with Gasteiger partial charge >= 0.3 is 0 Å². The molecule has 0 fully saturated rings. The van der Waals surface area contributed by atoms with Crippen molar-refractivity contribution >= 4 is 16.1 Å². The molecule has 0 aromatic carbocycles. The molecule has 0 saturated heterocycles. The molecule has 0 atom stereocenters. The van der Waals surface area contributed by atoms with Gasteiger partial charge in [-0.25, -0.2) is 0 Å². The third-order valence-electron chi connectivity index (χ3n) is 2.84. The van der Waals surface area contributed by atoms with Gasteiger partial charge in [-0.15, -0.1) is 0 Å². The standard InChI is InChI=1S/C11H26Si2/c1-9-11(13(6,7)8)10(2)12(3,4)5/h9H2,1-8H3/b11-10+. The van der Waals surface area contributed by atoms with Crippen LogP contribution in [0.3, 0.4) is 0 Å². The lowest BCUT2D eigenvalue weighted by molar-refractivity contribution is 1.14. The van der Waals surface area contributed by atoms with E-state index in [1.54, 1.807) is 5.20 Å². The van der Waals surface area contributed by atoms with Crippen LogP contribution in [0.5, 0.6) is 0 Å². The van der Waals surface area contributed by atoms with Crippen molar-refractivity contribution in [3.05, 3.63) is 10.4 Å². The van der Waals surface area contributed by atoms with Gasteiger partial charge < -0.3 is 0 Å². The normalized spacial score (nSPS) is 15.7. The van der Waals surface area contributed by atoms with E-state index in [4.69, 9.17) is 0 Å². The second kappa shape index (κ2) is 4.13. The zero-order valence-electron chi connectivity index (χ0n) is 10.7. The van der Waals surface area contributed by atoms with E-state index < -0.39 is 16.1 Å². The van der Waals surface area contributed by atoms with Crippen LogP contribution < -0.4 is 0 Å². The monoisotopic (exact) mass is 214 g/mol. The van der Waals surface area contributed by atoms with Crippen molar-refractivity contribution in [2.45, 2.75) is 59.6 Å². The second-order valence-corrected chi connectivity index (χ2v) is 16.3. The Morgan fingerprint density at radius 2 is 1.23 bits per heavy atom. The van der Waals surface area contributed by atoms with Gasteiger partial charge in [0.1, 0.15) is 0 Å². The zero-order valence-corrected chi connectivity index (χ0v) is 12.7. The summed E-state index contributed by atoms with van der Waals surface area (Å²) in [6.07, 6.45) is 1.27. The van der Waals surface area contributed by atoms with Crippen LogP contribution in [0, 0.1) is 0 Å². The van der Waals surface area contributed by atoms with Crippen LogP contribution in [-0.2, 0) is 0 Å². The van der Waals surface area contributed by atoms with Gasteiger partial charge in [0.2, 0.25) is 0 Å². The summed E-state index contributed by atoms with van der Waals surface area (Å²) in [7, 11) is -2.09. The first-order valence-electron chi connectivity index (χ1n) is 5.31. The Hall–Kier alpha value is 0.174. The molecule has 0 radical (unpaired) electrons. The summed E-state index contributed by atoms with van der Waals surface area (Å²) in [6, 6.07) is 0. The number of rotatable bonds is 3. The van der Waals surface area contributed by atoms with Gasteiger partial charge in [0.05, 0.1) is 16.1 Å². The summed E-state index contributed by atoms with van der Waals surface area (Å²) in [5, 5.41) is 3.57. The van der Waals surface area contributed by atoms with Crippen molar-refractivity contribution in [1.29, 1.82) is 0 Å². The molecule has 2 heteroatoms. The van der Waals surface area contributed by atoms with Crippen molar-refractivity contribution in [2.24, 2.45) is 0 Å². The molecule has 0 aromatic heterocycles. The fraction of sp³-hybridized carbons (Fsp3) is 0.818. The van der Waals surface area contributed by atoms with Crippen molar-refractivity contribution in [3.63, 3.8) is 0 Å². The molecule has 0 rings (SSSR count). The summed E-state index contributed by atoms with van der Waals surface area (Å²) in [4.78, 5) is 0. The van der Waals surface area contributed by atoms with E-state index in [1.165, 1.54) is 6.42 Å². The quantitative estimate of drug-likeness (QED) is 0.608. The van der Waals surface area contributed by atoms with Gasteiger partial charge in [0.25, 0.3) is 0 Å². The van der Waals surface area contributed by atoms with E-state index in [2.05, 4.69) is 53.1 Å². The van der Waals surface area contributed by atoms with E-state index in [9.17, 15) is 0 Å². The minimum Gasteiger partial charge on any atom is -0.0886 e. The summed E-state index contributed by atoms with van der Waals surface area (Å²) in [6.45, 7) is 19.5. The van der Waals surface area contributed by atoms with Crippen LogP contribution in [0.15, 0.2) is 10.4 Å². The van der Waals surface area contributed by atoms with Gasteiger partial charge in [-0.2, -0.15) is 0 Å². The van der Waals surface area contributed by atoms with Crippen LogP contribution >= 0.6 is 0 Å². The summed E-state index contributed by atoms with van der Waals surface area (Å²) in [5.74, 6) is 0. The molecule has 0 N–H and O–H groups in total. The first-order valence-corrected chi connectivity index (χ1v) is 12.3. The molecular formula is C11H26Si2. The fourth-order valence-corrected chi connectivity index (χ4v) is 7.33. The lowest BCUT2D eigenvalue weighted by Gasteiger charge is -2.29. The third-order valence-corrected chi connectivity index (χ3v) is 8.18. The Labute approximate surface area is 86.5 Å². The lowest BCUT2D eigenvalue weighted by atomic mass is 10.4. The van der Waals surface area contributed by atoms with Crippen LogP contribution in [0.25, 0.3) is 0 Å². The molecule has 78 valence electrons. The Kier molecular flexibility index (Phi) is 4.19. The summed E-state index contributed by atoms with van der Waals surface area (Å²) >= 11 is 0. The molecule has 0 aliphatic carbocycles. The van der Waals surface area contributed by atoms with Crippen LogP contribution in [0.4, 0.5) is 0 Å². The van der Waals surface area contributed by atoms with Crippen molar-refractivity contribution in [2.75, 3.05) is 0 Å². The van der Waals surface area contributed by atoms with Crippen LogP contribution in [0.2, 0.25) is 39.3 Å². The topological polar surface area (TPSA) is 0 Å². The Balaban J connectivity index is 5.16. The smallest absolute Gasteiger partial charge is 0.0718 e. The van der Waals surface area contributed by atoms with Gasteiger partial charge in [-0.3, -0.25) is 0 Å². The van der Waals surface area contributed by atoms with Crippen LogP contribution in [0.1, 0.15) is 20.3 Å². The molecule has 0 bridgehead atoms. The maximum absolute atomic E-state index is 2.47. The molecule has 13 heavy (non-hydrogen) atoms. The van der Waals surface area contributed by atoms with E-state index in [-0.39, 0.29) is 0 Å². The van der Waals surface area contributed by atoms with E-state index in [0.29, 0.717) is 0 Å². The summed E-state index contributed by atoms with van der Waals surface area (Å²) in [5.41, 5.74) is 0. The first-order chi connectivity index (χ1) is 5.60. The largest absolute Gasteiger partial charge is 0.0886 e. The maximum Gasteiger partial charge on any atom is 0.0718 e. The number of hydrogen-bond acceptors (Lipinski definition) is 0. The molecule has 0 saturated carbocycles. The van der Waals surface area contributed by atoms with Gasteiger partial charge in [-0.05, 0) is 13.3 Å². The van der Waals surface area contributed by atoms with Gasteiger partial charge in [0.15, 0.2) is 0 Å². The van der Waals surface area contributed by atoms with Gasteiger partial charge in [0, 0.05) is 0 Å². The first kappa shape index (κ1) is 13.2. The molecule has 0 aliphatic heterocycles. The van der Waals surface area contributed by atoms with Gasteiger partial charge in [-0.1, -0.05) is 56.6 Å². The number of hydrogen-bond donors (Lipinski definition) is 0. The average Bonchev–Trinajstić information content (AvgIpc) is 1.83. The molecule has 0 heterocycles. The van der Waals surface area contributed by atoms with Crippen molar-refractivity contribution < 1.29 is 0 Å². The Morgan fingerprint density at radius 3 is 1.31 bits per heavy atom. The Bertz CT molecular complexity index is 201. The highest BCUT2D eigenvalue weighted by atomic mass is 28.3. The van der Waals surface area contributed by atoms with E-state index in [0.717, 1.165) is 0 Å². The van der Waals surface area contributed by atoms with Crippen molar-refractivity contribution in [3.8, 4) is 0 Å². The second-order valence-electron chi connectivity index (χ2n) is 5.96. The van der Waals surface area contributed by atoms with Crippen LogP contribution in [-0.4, -0.2) is 16.1 Å². The molecule has 0 amide bonds. The minimum atomic E-state index is -1.05. The lowest BCUT2D eigenvalue weighted by Crippen LogP contribution is -2.32. The van der Waals surface area contributed by atoms with E-state index in [1.807, 2.05) is 5.20 Å². The summed E-state index contributed by atoms with van der Waals surface area (Å²) < 4.78 is 0. The molecular weight excluding hydrogens is 188 g/mol. The number of allylic oxidation sites excluding steroid dienone is 2. The third kappa shape index (κ3) is 3.82. The minimum absolute atomic E-state index is 1.04. The fourth-order valence-electron chi connectivity index (χ4n) is 1.81.